The summed E-state index contributed by atoms with van der Waals surface area (Å²) in [4.78, 5) is 12.3. The lowest BCUT2D eigenvalue weighted by molar-refractivity contribution is 0.102. The molecule has 0 aliphatic heterocycles. The number of methoxy groups -OCH3 is 1. The first-order valence-corrected chi connectivity index (χ1v) is 9.59. The fraction of sp³-hybridized carbons (Fsp3) is 0.250. The average Bonchev–Trinajstić information content (AvgIpc) is 3.13. The lowest BCUT2D eigenvalue weighted by Gasteiger charge is -2.09. The van der Waals surface area contributed by atoms with Crippen molar-refractivity contribution in [2.75, 3.05) is 12.9 Å². The van der Waals surface area contributed by atoms with E-state index in [9.17, 15) is 4.79 Å². The van der Waals surface area contributed by atoms with Crippen molar-refractivity contribution >= 4 is 17.5 Å². The van der Waals surface area contributed by atoms with E-state index in [1.807, 2.05) is 66.1 Å². The fourth-order valence-electron chi connectivity index (χ4n) is 2.51. The molecule has 0 saturated carbocycles. The van der Waals surface area contributed by atoms with Gasteiger partial charge in [0.1, 0.15) is 18.1 Å². The van der Waals surface area contributed by atoms with Crippen LogP contribution in [0.5, 0.6) is 11.5 Å². The van der Waals surface area contributed by atoms with Gasteiger partial charge in [-0.05, 0) is 31.2 Å². The van der Waals surface area contributed by atoms with Gasteiger partial charge in [-0.2, -0.15) is 0 Å². The number of rotatable bonds is 9. The van der Waals surface area contributed by atoms with Gasteiger partial charge < -0.3 is 14.0 Å². The summed E-state index contributed by atoms with van der Waals surface area (Å²) < 4.78 is 12.9. The molecular weight excluding hydrogens is 362 g/mol. The van der Waals surface area contributed by atoms with Gasteiger partial charge in [0.2, 0.25) is 0 Å². The van der Waals surface area contributed by atoms with E-state index < -0.39 is 0 Å². The number of Topliss-reactive ketones (excluding diaryl/α,β-unsaturated/α-hetero) is 1. The molecule has 0 aliphatic carbocycles. The molecule has 0 bridgehead atoms. The smallest absolute Gasteiger partial charge is 0.191 e. The second-order valence-corrected chi connectivity index (χ2v) is 6.63. The normalized spacial score (nSPS) is 10.6. The zero-order valence-electron chi connectivity index (χ0n) is 15.3. The van der Waals surface area contributed by atoms with Crippen molar-refractivity contribution < 1.29 is 14.3 Å². The first kappa shape index (κ1) is 19.0. The maximum atomic E-state index is 12.3. The zero-order chi connectivity index (χ0) is 19.1. The summed E-state index contributed by atoms with van der Waals surface area (Å²) in [5, 5.41) is 9.15. The van der Waals surface area contributed by atoms with Crippen LogP contribution in [-0.4, -0.2) is 33.4 Å². The molecule has 0 fully saturated rings. The van der Waals surface area contributed by atoms with Crippen LogP contribution in [0.15, 0.2) is 59.8 Å². The highest BCUT2D eigenvalue weighted by Gasteiger charge is 2.14. The van der Waals surface area contributed by atoms with Crippen LogP contribution in [-0.2, 0) is 13.2 Å². The lowest BCUT2D eigenvalue weighted by Crippen LogP contribution is -2.08. The Morgan fingerprint density at radius 2 is 1.74 bits per heavy atom. The number of aromatic nitrogens is 3. The molecule has 0 radical (unpaired) electrons. The minimum absolute atomic E-state index is 0.0716. The van der Waals surface area contributed by atoms with Crippen molar-refractivity contribution in [3.8, 4) is 11.5 Å². The number of thioether (sulfide) groups is 1. The van der Waals surface area contributed by atoms with E-state index in [1.165, 1.54) is 11.8 Å². The van der Waals surface area contributed by atoms with Gasteiger partial charge >= 0.3 is 0 Å². The summed E-state index contributed by atoms with van der Waals surface area (Å²) in [7, 11) is 1.63. The second-order valence-electron chi connectivity index (χ2n) is 5.69. The van der Waals surface area contributed by atoms with E-state index in [1.54, 1.807) is 7.11 Å². The molecule has 1 heterocycles. The number of benzene rings is 2. The minimum Gasteiger partial charge on any atom is -0.497 e. The van der Waals surface area contributed by atoms with Crippen LogP contribution in [0.1, 0.15) is 23.1 Å². The van der Waals surface area contributed by atoms with Crippen LogP contribution >= 0.6 is 11.8 Å². The third kappa shape index (κ3) is 4.89. The summed E-state index contributed by atoms with van der Waals surface area (Å²) in [6, 6.07) is 16.6. The molecule has 6 nitrogen and oxygen atoms in total. The third-order valence-electron chi connectivity index (χ3n) is 3.97. The molecule has 0 spiro atoms. The van der Waals surface area contributed by atoms with Gasteiger partial charge in [-0.15, -0.1) is 10.2 Å². The number of carbonyl (C=O) groups is 1. The molecule has 7 heteroatoms. The zero-order valence-corrected chi connectivity index (χ0v) is 16.1. The molecule has 0 unspecified atom stereocenters. The molecular formula is C20H21N3O3S. The number of carbonyl (C=O) groups excluding carboxylic acids is 1. The molecule has 0 saturated heterocycles. The minimum atomic E-state index is 0.0716. The lowest BCUT2D eigenvalue weighted by atomic mass is 10.2. The Balaban J connectivity index is 1.61. The Kier molecular flexibility index (Phi) is 6.49. The Morgan fingerprint density at radius 1 is 1.04 bits per heavy atom. The molecule has 1 aromatic heterocycles. The van der Waals surface area contributed by atoms with Crippen LogP contribution < -0.4 is 9.47 Å². The van der Waals surface area contributed by atoms with Crippen LogP contribution in [0.3, 0.4) is 0 Å². The average molecular weight is 383 g/mol. The van der Waals surface area contributed by atoms with Gasteiger partial charge in [0, 0.05) is 12.1 Å². The molecule has 0 aliphatic rings. The number of ether oxygens (including phenoxy) is 2. The van der Waals surface area contributed by atoms with Crippen molar-refractivity contribution in [1.82, 2.24) is 14.8 Å². The molecule has 140 valence electrons. The quantitative estimate of drug-likeness (QED) is 0.413. The predicted octanol–water partition coefficient (Wildman–Crippen LogP) is 3.86. The number of hydrogen-bond acceptors (Lipinski definition) is 6. The van der Waals surface area contributed by atoms with Crippen LogP contribution in [0.4, 0.5) is 0 Å². The maximum Gasteiger partial charge on any atom is 0.191 e. The predicted molar refractivity (Wildman–Crippen MR) is 105 cm³/mol. The van der Waals surface area contributed by atoms with E-state index in [-0.39, 0.29) is 5.78 Å². The second kappa shape index (κ2) is 9.23. The highest BCUT2D eigenvalue weighted by molar-refractivity contribution is 7.99. The number of hydrogen-bond donors (Lipinski definition) is 0. The summed E-state index contributed by atoms with van der Waals surface area (Å²) in [6.45, 7) is 3.03. The van der Waals surface area contributed by atoms with E-state index in [2.05, 4.69) is 10.2 Å². The van der Waals surface area contributed by atoms with Gasteiger partial charge in [0.15, 0.2) is 16.8 Å². The third-order valence-corrected chi connectivity index (χ3v) is 4.93. The standard InChI is InChI=1S/C20H21N3O3S/c1-3-23-19(13-26-17-11-9-16(25-2)10-12-17)21-22-20(23)27-14-18(24)15-7-5-4-6-8-15/h4-12H,3,13-14H2,1-2H3. The summed E-state index contributed by atoms with van der Waals surface area (Å²) in [5.74, 6) is 2.63. The Bertz CT molecular complexity index is 879. The molecule has 27 heavy (non-hydrogen) atoms. The van der Waals surface area contributed by atoms with Gasteiger partial charge in [-0.1, -0.05) is 42.1 Å². The summed E-state index contributed by atoms with van der Waals surface area (Å²) in [5.41, 5.74) is 0.704. The van der Waals surface area contributed by atoms with Crippen LogP contribution in [0.2, 0.25) is 0 Å². The molecule has 0 N–H and O–H groups in total. The van der Waals surface area contributed by atoms with E-state index >= 15 is 0 Å². The molecule has 0 atom stereocenters. The molecule has 3 rings (SSSR count). The summed E-state index contributed by atoms with van der Waals surface area (Å²) >= 11 is 1.39. The van der Waals surface area contributed by atoms with Gasteiger partial charge in [-0.25, -0.2) is 0 Å². The topological polar surface area (TPSA) is 66.2 Å². The van der Waals surface area contributed by atoms with E-state index in [4.69, 9.17) is 9.47 Å². The SMILES string of the molecule is CCn1c(COc2ccc(OC)cc2)nnc1SCC(=O)c1ccccc1. The van der Waals surface area contributed by atoms with Crippen molar-refractivity contribution in [3.63, 3.8) is 0 Å². The van der Waals surface area contributed by atoms with Crippen molar-refractivity contribution in [3.05, 3.63) is 66.0 Å². The first-order chi connectivity index (χ1) is 13.2. The largest absolute Gasteiger partial charge is 0.497 e. The fourth-order valence-corrected chi connectivity index (χ4v) is 3.42. The molecule has 3 aromatic rings. The van der Waals surface area contributed by atoms with Crippen molar-refractivity contribution in [1.29, 1.82) is 0 Å². The van der Waals surface area contributed by atoms with E-state index in [0.717, 1.165) is 22.5 Å². The van der Waals surface area contributed by atoms with E-state index in [0.29, 0.717) is 24.5 Å². The van der Waals surface area contributed by atoms with Crippen LogP contribution in [0.25, 0.3) is 0 Å². The van der Waals surface area contributed by atoms with Crippen molar-refractivity contribution in [2.45, 2.75) is 25.2 Å². The van der Waals surface area contributed by atoms with Crippen LogP contribution in [0, 0.1) is 0 Å². The Hall–Kier alpha value is -2.80. The van der Waals surface area contributed by atoms with Crippen molar-refractivity contribution in [2.24, 2.45) is 0 Å². The van der Waals surface area contributed by atoms with Gasteiger partial charge in [-0.3, -0.25) is 4.79 Å². The monoisotopic (exact) mass is 383 g/mol. The Labute approximate surface area is 162 Å². The first-order valence-electron chi connectivity index (χ1n) is 8.61. The number of ketones is 1. The van der Waals surface area contributed by atoms with Gasteiger partial charge in [0.05, 0.1) is 12.9 Å². The Morgan fingerprint density at radius 3 is 2.41 bits per heavy atom. The maximum absolute atomic E-state index is 12.3. The number of nitrogens with zero attached hydrogens (tertiary/aromatic N) is 3. The van der Waals surface area contributed by atoms with Gasteiger partial charge in [0.25, 0.3) is 0 Å². The molecule has 2 aromatic carbocycles. The molecule has 0 amide bonds. The highest BCUT2D eigenvalue weighted by atomic mass is 32.2. The summed E-state index contributed by atoms with van der Waals surface area (Å²) in [6.07, 6.45) is 0. The highest BCUT2D eigenvalue weighted by Crippen LogP contribution is 2.21.